The number of fused-ring (bicyclic) bond motifs is 1. The van der Waals surface area contributed by atoms with Crippen molar-refractivity contribution in [1.29, 1.82) is 0 Å². The maximum absolute atomic E-state index is 11.8. The average molecular weight is 392 g/mol. The van der Waals surface area contributed by atoms with Crippen LogP contribution in [0.3, 0.4) is 0 Å². The zero-order chi connectivity index (χ0) is 18.8. The molecule has 1 aromatic carbocycles. The van der Waals surface area contributed by atoms with Gasteiger partial charge in [0, 0.05) is 29.4 Å². The van der Waals surface area contributed by atoms with Crippen molar-refractivity contribution in [3.05, 3.63) is 64.5 Å². The number of methoxy groups -OCH3 is 1. The minimum absolute atomic E-state index is 0.219. The molecule has 3 heterocycles. The van der Waals surface area contributed by atoms with Crippen LogP contribution in [-0.4, -0.2) is 22.3 Å². The van der Waals surface area contributed by atoms with Crippen LogP contribution in [0.15, 0.2) is 52.0 Å². The van der Waals surface area contributed by atoms with E-state index in [1.165, 1.54) is 11.8 Å². The monoisotopic (exact) mass is 392 g/mol. The molecule has 0 bridgehead atoms. The molecule has 1 aliphatic rings. The van der Waals surface area contributed by atoms with E-state index in [1.54, 1.807) is 25.6 Å². The predicted molar refractivity (Wildman–Crippen MR) is 109 cm³/mol. The fraction of sp³-hybridized carbons (Fsp3) is 0.0500. The summed E-state index contributed by atoms with van der Waals surface area (Å²) in [6.45, 7) is 0. The Balaban J connectivity index is 1.68. The molecule has 0 radical (unpaired) electrons. The van der Waals surface area contributed by atoms with Crippen molar-refractivity contribution in [3.8, 4) is 17.6 Å². The van der Waals surface area contributed by atoms with Crippen LogP contribution in [0.5, 0.6) is 5.75 Å². The van der Waals surface area contributed by atoms with Crippen molar-refractivity contribution >= 4 is 51.3 Å². The number of thioether (sulfide) groups is 1. The van der Waals surface area contributed by atoms with Crippen LogP contribution in [0.2, 0.25) is 0 Å². The molecular formula is C20H12N2O3S2. The lowest BCUT2D eigenvalue weighted by Crippen LogP contribution is -2.17. The summed E-state index contributed by atoms with van der Waals surface area (Å²) in [5.41, 5.74) is 2.16. The number of nitrogens with zero attached hydrogens (tertiary/aromatic N) is 1. The summed E-state index contributed by atoms with van der Waals surface area (Å²) in [6.07, 6.45) is 5.03. The number of hydrogen-bond acceptors (Lipinski definition) is 6. The summed E-state index contributed by atoms with van der Waals surface area (Å²) in [4.78, 5) is 16.5. The lowest BCUT2D eigenvalue weighted by atomic mass is 10.2. The smallest absolute Gasteiger partial charge is 0.263 e. The predicted octanol–water partition coefficient (Wildman–Crippen LogP) is 3.73. The van der Waals surface area contributed by atoms with Crippen molar-refractivity contribution in [2.45, 2.75) is 0 Å². The van der Waals surface area contributed by atoms with Gasteiger partial charge in [-0.1, -0.05) is 35.8 Å². The Morgan fingerprint density at radius 1 is 1.26 bits per heavy atom. The molecule has 0 unspecified atom stereocenters. The molecule has 0 spiro atoms. The standard InChI is InChI=1S/C20H12N2O3S2/c1-24-15-6-3-12(4-7-15)2-5-13-10-21-11-14-8-16(25-18(13)14)9-17-19(23)22-20(26)27-17/h3-4,6-11H,1H3,(H,22,23,26). The summed E-state index contributed by atoms with van der Waals surface area (Å²) >= 11 is 6.21. The number of nitrogens with one attached hydrogen (secondary N) is 1. The summed E-state index contributed by atoms with van der Waals surface area (Å²) in [5, 5.41) is 3.39. The van der Waals surface area contributed by atoms with Gasteiger partial charge in [-0.2, -0.15) is 0 Å². The number of benzene rings is 1. The highest BCUT2D eigenvalue weighted by atomic mass is 32.2. The molecule has 1 amide bonds. The van der Waals surface area contributed by atoms with E-state index in [-0.39, 0.29) is 5.91 Å². The number of hydrogen-bond donors (Lipinski definition) is 1. The largest absolute Gasteiger partial charge is 0.497 e. The van der Waals surface area contributed by atoms with Gasteiger partial charge < -0.3 is 14.5 Å². The fourth-order valence-electron chi connectivity index (χ4n) is 2.51. The van der Waals surface area contributed by atoms with Gasteiger partial charge in [0.05, 0.1) is 17.6 Å². The summed E-state index contributed by atoms with van der Waals surface area (Å²) in [7, 11) is 1.62. The van der Waals surface area contributed by atoms with Crippen LogP contribution in [0.4, 0.5) is 0 Å². The molecule has 7 heteroatoms. The van der Waals surface area contributed by atoms with Crippen molar-refractivity contribution in [2.24, 2.45) is 0 Å². The van der Waals surface area contributed by atoms with Crippen LogP contribution in [0.25, 0.3) is 17.0 Å². The Labute approximate surface area is 164 Å². The number of rotatable bonds is 2. The second kappa shape index (κ2) is 7.27. The van der Waals surface area contributed by atoms with E-state index in [9.17, 15) is 4.79 Å². The van der Waals surface area contributed by atoms with Crippen molar-refractivity contribution < 1.29 is 13.9 Å². The third-order valence-corrected chi connectivity index (χ3v) is 4.95. The van der Waals surface area contributed by atoms with E-state index < -0.39 is 0 Å². The molecule has 4 rings (SSSR count). The molecule has 132 valence electrons. The highest BCUT2D eigenvalue weighted by Gasteiger charge is 2.22. The molecule has 27 heavy (non-hydrogen) atoms. The van der Waals surface area contributed by atoms with Gasteiger partial charge in [0.2, 0.25) is 0 Å². The van der Waals surface area contributed by atoms with Gasteiger partial charge in [-0.05, 0) is 30.3 Å². The SMILES string of the molecule is COc1ccc(C#Cc2cncc3cc(C=C4SC(=S)NC4=O)oc23)cc1. The maximum atomic E-state index is 11.8. The first-order valence-corrected chi connectivity index (χ1v) is 9.13. The number of thiocarbonyl (C=S) groups is 1. The quantitative estimate of drug-likeness (QED) is 0.407. The first-order valence-electron chi connectivity index (χ1n) is 7.91. The Morgan fingerprint density at radius 3 is 2.78 bits per heavy atom. The second-order valence-electron chi connectivity index (χ2n) is 5.58. The van der Waals surface area contributed by atoms with Gasteiger partial charge in [-0.3, -0.25) is 9.78 Å². The van der Waals surface area contributed by atoms with Crippen LogP contribution >= 0.6 is 24.0 Å². The second-order valence-corrected chi connectivity index (χ2v) is 7.30. The highest BCUT2D eigenvalue weighted by Crippen LogP contribution is 2.29. The Kier molecular flexibility index (Phi) is 4.67. The van der Waals surface area contributed by atoms with Gasteiger partial charge in [-0.25, -0.2) is 0 Å². The fourth-order valence-corrected chi connectivity index (χ4v) is 3.53. The number of pyridine rings is 1. The third kappa shape index (κ3) is 3.72. The number of amides is 1. The third-order valence-electron chi connectivity index (χ3n) is 3.79. The van der Waals surface area contributed by atoms with Gasteiger partial charge >= 0.3 is 0 Å². The molecule has 0 saturated carbocycles. The average Bonchev–Trinajstić information content (AvgIpc) is 3.22. The number of carbonyl (C=O) groups excluding carboxylic acids is 1. The van der Waals surface area contributed by atoms with Crippen molar-refractivity contribution in [2.75, 3.05) is 7.11 Å². The molecule has 1 saturated heterocycles. The molecular weight excluding hydrogens is 380 g/mol. The van der Waals surface area contributed by atoms with Crippen LogP contribution in [0.1, 0.15) is 16.9 Å². The molecule has 5 nitrogen and oxygen atoms in total. The molecule has 1 aliphatic heterocycles. The van der Waals surface area contributed by atoms with Crippen LogP contribution < -0.4 is 10.1 Å². The Bertz CT molecular complexity index is 1150. The van der Waals surface area contributed by atoms with Gasteiger partial charge in [0.1, 0.15) is 15.8 Å². The molecule has 2 aromatic heterocycles. The minimum Gasteiger partial charge on any atom is -0.497 e. The van der Waals surface area contributed by atoms with Gasteiger partial charge in [0.15, 0.2) is 5.58 Å². The van der Waals surface area contributed by atoms with Gasteiger partial charge in [0.25, 0.3) is 5.91 Å². The van der Waals surface area contributed by atoms with E-state index >= 15 is 0 Å². The maximum Gasteiger partial charge on any atom is 0.263 e. The summed E-state index contributed by atoms with van der Waals surface area (Å²) in [6, 6.07) is 9.30. The topological polar surface area (TPSA) is 64.4 Å². The molecule has 0 aliphatic carbocycles. The van der Waals surface area contributed by atoms with E-state index in [4.69, 9.17) is 21.4 Å². The minimum atomic E-state index is -0.219. The van der Waals surface area contributed by atoms with Crippen LogP contribution in [-0.2, 0) is 4.79 Å². The molecule has 1 fully saturated rings. The van der Waals surface area contributed by atoms with E-state index in [0.29, 0.717) is 26.1 Å². The first-order chi connectivity index (χ1) is 13.1. The number of ether oxygens (including phenoxy) is 1. The van der Waals surface area contributed by atoms with E-state index in [0.717, 1.165) is 16.7 Å². The van der Waals surface area contributed by atoms with Crippen molar-refractivity contribution in [3.63, 3.8) is 0 Å². The van der Waals surface area contributed by atoms with E-state index in [1.807, 2.05) is 30.3 Å². The highest BCUT2D eigenvalue weighted by molar-refractivity contribution is 8.26. The van der Waals surface area contributed by atoms with E-state index in [2.05, 4.69) is 22.1 Å². The Morgan fingerprint density at radius 2 is 2.07 bits per heavy atom. The van der Waals surface area contributed by atoms with Crippen molar-refractivity contribution in [1.82, 2.24) is 10.3 Å². The normalized spacial score (nSPS) is 14.9. The summed E-state index contributed by atoms with van der Waals surface area (Å²) < 4.78 is 11.5. The molecule has 1 N–H and O–H groups in total. The number of carbonyl (C=O) groups is 1. The van der Waals surface area contributed by atoms with Crippen LogP contribution in [0, 0.1) is 11.8 Å². The Hall–Kier alpha value is -3.08. The summed E-state index contributed by atoms with van der Waals surface area (Å²) in [5.74, 6) is 7.29. The first kappa shape index (κ1) is 17.3. The van der Waals surface area contributed by atoms with Gasteiger partial charge in [-0.15, -0.1) is 0 Å². The molecule has 0 atom stereocenters. The number of aromatic nitrogens is 1. The zero-order valence-electron chi connectivity index (χ0n) is 14.1. The zero-order valence-corrected chi connectivity index (χ0v) is 15.7. The molecule has 3 aromatic rings. The lowest BCUT2D eigenvalue weighted by molar-refractivity contribution is -0.115. The lowest BCUT2D eigenvalue weighted by Gasteiger charge is -1.97. The number of furan rings is 1.